The fourth-order valence-corrected chi connectivity index (χ4v) is 1.78. The first-order chi connectivity index (χ1) is 6.84. The Morgan fingerprint density at radius 3 is 2.60 bits per heavy atom. The molecule has 1 amide bonds. The number of aromatic nitrogens is 2. The van der Waals surface area contributed by atoms with Gasteiger partial charge in [-0.2, -0.15) is 8.78 Å². The van der Waals surface area contributed by atoms with E-state index in [4.69, 9.17) is 23.2 Å². The molecule has 0 aliphatic carbocycles. The van der Waals surface area contributed by atoms with Crippen molar-refractivity contribution in [1.82, 2.24) is 10.2 Å². The van der Waals surface area contributed by atoms with Gasteiger partial charge in [-0.25, -0.2) is 0 Å². The van der Waals surface area contributed by atoms with Gasteiger partial charge in [0.25, 0.3) is 0 Å². The normalized spacial score (nSPS) is 11.9. The number of amides is 1. The van der Waals surface area contributed by atoms with Gasteiger partial charge in [0, 0.05) is 6.92 Å². The summed E-state index contributed by atoms with van der Waals surface area (Å²) < 4.78 is 26.3. The summed E-state index contributed by atoms with van der Waals surface area (Å²) in [5.41, 5.74) is 0. The summed E-state index contributed by atoms with van der Waals surface area (Å²) in [6.45, 7) is 1.23. The number of nitrogens with zero attached hydrogens (tertiary/aromatic N) is 2. The van der Waals surface area contributed by atoms with Crippen LogP contribution in [-0.4, -0.2) is 20.9 Å². The Bertz CT molecular complexity index is 371. The zero-order valence-corrected chi connectivity index (χ0v) is 9.63. The number of alkyl halides is 4. The lowest BCUT2D eigenvalue weighted by atomic mass is 10.4. The van der Waals surface area contributed by atoms with Crippen LogP contribution in [-0.2, 0) is 10.7 Å². The first-order valence-corrected chi connectivity index (χ1v) is 5.30. The Labute approximate surface area is 97.6 Å². The SMILES string of the molecule is CC(=O)Nc1nnc(C(F)(F)C(Cl)Cl)s1. The van der Waals surface area contributed by atoms with Crippen molar-refractivity contribution in [3.05, 3.63) is 5.01 Å². The van der Waals surface area contributed by atoms with Gasteiger partial charge in [0.1, 0.15) is 0 Å². The summed E-state index contributed by atoms with van der Waals surface area (Å²) in [5, 5.41) is 8.10. The number of halogens is 4. The highest BCUT2D eigenvalue weighted by Gasteiger charge is 2.43. The van der Waals surface area contributed by atoms with Crippen LogP contribution in [0.15, 0.2) is 0 Å². The van der Waals surface area contributed by atoms with Crippen LogP contribution in [0.3, 0.4) is 0 Å². The molecule has 1 aromatic heterocycles. The van der Waals surface area contributed by atoms with Crippen LogP contribution in [0.2, 0.25) is 0 Å². The van der Waals surface area contributed by atoms with Crippen molar-refractivity contribution in [3.63, 3.8) is 0 Å². The van der Waals surface area contributed by atoms with Crippen LogP contribution >= 0.6 is 34.5 Å². The van der Waals surface area contributed by atoms with Crippen LogP contribution in [0.1, 0.15) is 11.9 Å². The van der Waals surface area contributed by atoms with Gasteiger partial charge in [-0.05, 0) is 0 Å². The molecule has 0 atom stereocenters. The Balaban J connectivity index is 2.88. The van der Waals surface area contributed by atoms with E-state index in [-0.39, 0.29) is 5.13 Å². The second kappa shape index (κ2) is 4.54. The summed E-state index contributed by atoms with van der Waals surface area (Å²) in [6, 6.07) is 0. The largest absolute Gasteiger partial charge is 0.330 e. The van der Waals surface area contributed by atoms with Crippen LogP contribution in [0.4, 0.5) is 13.9 Å². The Hall–Kier alpha value is -0.530. The molecule has 0 radical (unpaired) electrons. The monoisotopic (exact) mass is 275 g/mol. The van der Waals surface area contributed by atoms with Gasteiger partial charge in [0.2, 0.25) is 11.0 Å². The maximum Gasteiger partial charge on any atom is 0.330 e. The molecule has 0 saturated heterocycles. The summed E-state index contributed by atoms with van der Waals surface area (Å²) in [6.07, 6.45) is 0. The lowest BCUT2D eigenvalue weighted by molar-refractivity contribution is -0.114. The Kier molecular flexibility index (Phi) is 3.80. The summed E-state index contributed by atoms with van der Waals surface area (Å²) in [7, 11) is 0. The molecule has 9 heteroatoms. The molecule has 0 fully saturated rings. The summed E-state index contributed by atoms with van der Waals surface area (Å²) >= 11 is 10.7. The molecular formula is C6H5Cl2F2N3OS. The molecule has 84 valence electrons. The molecular weight excluding hydrogens is 271 g/mol. The van der Waals surface area contributed by atoms with E-state index in [0.717, 1.165) is 0 Å². The number of hydrogen-bond acceptors (Lipinski definition) is 4. The highest BCUT2D eigenvalue weighted by Crippen LogP contribution is 2.39. The number of carbonyl (C=O) groups excluding carboxylic acids is 1. The maximum absolute atomic E-state index is 13.2. The van der Waals surface area contributed by atoms with Crippen molar-refractivity contribution in [3.8, 4) is 0 Å². The van der Waals surface area contributed by atoms with Crippen LogP contribution in [0.5, 0.6) is 0 Å². The molecule has 15 heavy (non-hydrogen) atoms. The molecule has 0 bridgehead atoms. The first kappa shape index (κ1) is 12.5. The zero-order chi connectivity index (χ0) is 11.6. The second-order valence-electron chi connectivity index (χ2n) is 2.52. The van der Waals surface area contributed by atoms with Crippen molar-refractivity contribution < 1.29 is 13.6 Å². The minimum Gasteiger partial charge on any atom is -0.301 e. The number of nitrogens with one attached hydrogen (secondary N) is 1. The number of hydrogen-bond donors (Lipinski definition) is 1. The predicted octanol–water partition coefficient (Wildman–Crippen LogP) is 2.39. The van der Waals surface area contributed by atoms with Gasteiger partial charge in [0.05, 0.1) is 0 Å². The number of anilines is 1. The van der Waals surface area contributed by atoms with E-state index in [1.54, 1.807) is 0 Å². The molecule has 1 aromatic rings. The topological polar surface area (TPSA) is 54.9 Å². The average Bonchev–Trinajstić information content (AvgIpc) is 2.51. The number of rotatable bonds is 3. The standard InChI is InChI=1S/C6H5Cl2F2N3OS/c1-2(14)11-5-13-12-4(15-5)6(9,10)3(7)8/h3H,1H3,(H,11,13,14). The molecule has 1 heterocycles. The fraction of sp³-hybridized carbons (Fsp3) is 0.500. The van der Waals surface area contributed by atoms with Crippen LogP contribution in [0.25, 0.3) is 0 Å². The van der Waals surface area contributed by atoms with Crippen molar-refractivity contribution in [1.29, 1.82) is 0 Å². The highest BCUT2D eigenvalue weighted by atomic mass is 35.5. The van der Waals surface area contributed by atoms with Crippen LogP contribution in [0, 0.1) is 0 Å². The quantitative estimate of drug-likeness (QED) is 0.862. The molecule has 1 N–H and O–H groups in total. The van der Waals surface area contributed by atoms with Gasteiger partial charge >= 0.3 is 5.92 Å². The van der Waals surface area contributed by atoms with E-state index in [9.17, 15) is 13.6 Å². The van der Waals surface area contributed by atoms with E-state index in [1.165, 1.54) is 6.92 Å². The van der Waals surface area contributed by atoms with E-state index >= 15 is 0 Å². The van der Waals surface area contributed by atoms with Crippen molar-refractivity contribution >= 4 is 45.6 Å². The van der Waals surface area contributed by atoms with E-state index in [0.29, 0.717) is 11.3 Å². The van der Waals surface area contributed by atoms with Gasteiger partial charge in [-0.3, -0.25) is 4.79 Å². The Morgan fingerprint density at radius 1 is 1.53 bits per heavy atom. The smallest absolute Gasteiger partial charge is 0.301 e. The van der Waals surface area contributed by atoms with Gasteiger partial charge < -0.3 is 5.32 Å². The molecule has 0 spiro atoms. The molecule has 0 unspecified atom stereocenters. The first-order valence-electron chi connectivity index (χ1n) is 3.61. The van der Waals surface area contributed by atoms with Gasteiger partial charge in [0.15, 0.2) is 9.84 Å². The fourth-order valence-electron chi connectivity index (χ4n) is 0.652. The molecule has 0 aromatic carbocycles. The summed E-state index contributed by atoms with van der Waals surface area (Å²) in [4.78, 5) is 8.69. The van der Waals surface area contributed by atoms with Gasteiger partial charge in [-0.15, -0.1) is 10.2 Å². The average molecular weight is 276 g/mol. The predicted molar refractivity (Wildman–Crippen MR) is 53.6 cm³/mol. The molecule has 0 aliphatic rings. The van der Waals surface area contributed by atoms with E-state index < -0.39 is 21.7 Å². The third-order valence-corrected chi connectivity index (χ3v) is 2.74. The Morgan fingerprint density at radius 2 is 2.13 bits per heavy atom. The third kappa shape index (κ3) is 2.96. The van der Waals surface area contributed by atoms with E-state index in [1.807, 2.05) is 0 Å². The van der Waals surface area contributed by atoms with Crippen molar-refractivity contribution in [2.75, 3.05) is 5.32 Å². The zero-order valence-electron chi connectivity index (χ0n) is 7.30. The molecule has 0 saturated carbocycles. The second-order valence-corrected chi connectivity index (χ2v) is 4.59. The summed E-state index contributed by atoms with van der Waals surface area (Å²) in [5.74, 6) is -3.90. The molecule has 4 nitrogen and oxygen atoms in total. The third-order valence-electron chi connectivity index (χ3n) is 1.27. The van der Waals surface area contributed by atoms with Gasteiger partial charge in [-0.1, -0.05) is 34.5 Å². The van der Waals surface area contributed by atoms with E-state index in [2.05, 4.69) is 15.5 Å². The minimum atomic E-state index is -3.47. The van der Waals surface area contributed by atoms with Crippen LogP contribution < -0.4 is 5.32 Å². The van der Waals surface area contributed by atoms with Crippen molar-refractivity contribution in [2.24, 2.45) is 0 Å². The molecule has 0 aliphatic heterocycles. The number of carbonyl (C=O) groups is 1. The van der Waals surface area contributed by atoms with Crippen molar-refractivity contribution in [2.45, 2.75) is 17.7 Å². The molecule has 1 rings (SSSR count). The maximum atomic E-state index is 13.2. The lowest BCUT2D eigenvalue weighted by Crippen LogP contribution is -2.21. The minimum absolute atomic E-state index is 0.0221. The highest BCUT2D eigenvalue weighted by molar-refractivity contribution is 7.15. The lowest BCUT2D eigenvalue weighted by Gasteiger charge is -2.12.